The van der Waals surface area contributed by atoms with Crippen molar-refractivity contribution in [2.45, 2.75) is 0 Å². The molecule has 0 aliphatic rings. The Morgan fingerprint density at radius 2 is 2.40 bits per heavy atom. The Morgan fingerprint density at radius 1 is 1.70 bits per heavy atom. The number of carboxylic acids is 1. The number of rotatable bonds is 1. The van der Waals surface area contributed by atoms with Crippen LogP contribution in [0.15, 0.2) is 22.8 Å². The summed E-state index contributed by atoms with van der Waals surface area (Å²) >= 11 is 4.59. The molecular formula is C6H4O3S. The van der Waals surface area contributed by atoms with Crippen LogP contribution in [0.5, 0.6) is 0 Å². The van der Waals surface area contributed by atoms with Crippen LogP contribution < -0.4 is 0 Å². The van der Waals surface area contributed by atoms with Gasteiger partial charge in [-0.05, 0) is 18.3 Å². The molecule has 1 aromatic heterocycles. The monoisotopic (exact) mass is 156 g/mol. The van der Waals surface area contributed by atoms with Gasteiger partial charge in [0.2, 0.25) is 0 Å². The second kappa shape index (κ2) is 2.62. The van der Waals surface area contributed by atoms with E-state index in [1.54, 1.807) is 0 Å². The Balaban J connectivity index is 3.20. The Hall–Kier alpha value is -1.16. The molecule has 0 amide bonds. The maximum absolute atomic E-state index is 10.3. The zero-order valence-electron chi connectivity index (χ0n) is 4.90. The van der Waals surface area contributed by atoms with Gasteiger partial charge in [0.1, 0.15) is 0 Å². The summed E-state index contributed by atoms with van der Waals surface area (Å²) in [5.74, 6) is -0.998. The first-order valence-corrected chi connectivity index (χ1v) is 2.93. The van der Waals surface area contributed by atoms with Crippen molar-refractivity contribution in [3.05, 3.63) is 28.7 Å². The lowest BCUT2D eigenvalue weighted by Gasteiger charge is -1.88. The molecule has 52 valence electrons. The first-order valence-electron chi connectivity index (χ1n) is 2.52. The molecule has 0 atom stereocenters. The van der Waals surface area contributed by atoms with Crippen molar-refractivity contribution in [1.29, 1.82) is 0 Å². The molecule has 0 unspecified atom stereocenters. The molecule has 1 heterocycles. The van der Waals surface area contributed by atoms with Gasteiger partial charge in [-0.1, -0.05) is 0 Å². The zero-order chi connectivity index (χ0) is 7.56. The third kappa shape index (κ3) is 1.41. The van der Waals surface area contributed by atoms with Crippen LogP contribution in [-0.4, -0.2) is 11.1 Å². The van der Waals surface area contributed by atoms with E-state index >= 15 is 0 Å². The normalized spacial score (nSPS) is 9.20. The summed E-state index contributed by atoms with van der Waals surface area (Å²) in [6, 6.07) is 2.63. The van der Waals surface area contributed by atoms with Crippen LogP contribution in [0.3, 0.4) is 0 Å². The van der Waals surface area contributed by atoms with Gasteiger partial charge in [0.25, 0.3) is 0 Å². The molecule has 0 aliphatic heterocycles. The lowest BCUT2D eigenvalue weighted by atomic mass is 10.3. The predicted molar refractivity (Wildman–Crippen MR) is 36.5 cm³/mol. The third-order valence-corrected chi connectivity index (χ3v) is 1.17. The molecule has 0 spiro atoms. The van der Waals surface area contributed by atoms with Crippen molar-refractivity contribution >= 4 is 18.2 Å². The molecule has 3 nitrogen and oxygen atoms in total. The molecule has 0 bridgehead atoms. The van der Waals surface area contributed by atoms with Crippen LogP contribution in [0, 0.1) is 4.71 Å². The maximum Gasteiger partial charge on any atom is 0.335 e. The van der Waals surface area contributed by atoms with Gasteiger partial charge >= 0.3 is 5.97 Å². The summed E-state index contributed by atoms with van der Waals surface area (Å²) in [7, 11) is 0. The topological polar surface area (TPSA) is 50.4 Å². The predicted octanol–water partition coefficient (Wildman–Crippen LogP) is 1.71. The molecule has 1 rings (SSSR count). The minimum Gasteiger partial charge on any atom is -0.478 e. The Morgan fingerprint density at radius 3 is 2.80 bits per heavy atom. The van der Waals surface area contributed by atoms with Gasteiger partial charge in [-0.15, -0.1) is 0 Å². The lowest BCUT2D eigenvalue weighted by Crippen LogP contribution is -1.94. The number of aromatic carboxylic acids is 1. The maximum atomic E-state index is 10.3. The SMILES string of the molecule is O=C(O)c1ccoc(=S)c1. The number of carboxylic acid groups (broad SMARTS) is 1. The fourth-order valence-electron chi connectivity index (χ4n) is 0.517. The van der Waals surface area contributed by atoms with Gasteiger partial charge in [-0.2, -0.15) is 0 Å². The highest BCUT2D eigenvalue weighted by Gasteiger charge is 1.99. The van der Waals surface area contributed by atoms with E-state index < -0.39 is 5.97 Å². The Labute approximate surface area is 61.9 Å². The molecule has 0 saturated carbocycles. The zero-order valence-corrected chi connectivity index (χ0v) is 5.72. The minimum absolute atomic E-state index is 0.149. The average molecular weight is 156 g/mol. The fraction of sp³-hybridized carbons (Fsp3) is 0. The van der Waals surface area contributed by atoms with E-state index in [0.717, 1.165) is 0 Å². The molecule has 10 heavy (non-hydrogen) atoms. The highest BCUT2D eigenvalue weighted by atomic mass is 32.1. The third-order valence-electron chi connectivity index (χ3n) is 0.952. The minimum atomic E-state index is -0.998. The van der Waals surface area contributed by atoms with Gasteiger partial charge in [0.15, 0.2) is 4.71 Å². The van der Waals surface area contributed by atoms with Crippen molar-refractivity contribution in [1.82, 2.24) is 0 Å². The van der Waals surface area contributed by atoms with E-state index in [4.69, 9.17) is 5.11 Å². The molecule has 4 heteroatoms. The smallest absolute Gasteiger partial charge is 0.335 e. The van der Waals surface area contributed by atoms with Crippen molar-refractivity contribution in [3.8, 4) is 0 Å². The lowest BCUT2D eigenvalue weighted by molar-refractivity contribution is 0.0696. The van der Waals surface area contributed by atoms with E-state index in [2.05, 4.69) is 16.6 Å². The average Bonchev–Trinajstić information content (AvgIpc) is 1.88. The van der Waals surface area contributed by atoms with Crippen LogP contribution in [0.25, 0.3) is 0 Å². The van der Waals surface area contributed by atoms with Gasteiger partial charge in [-0.25, -0.2) is 4.79 Å². The summed E-state index contributed by atoms with van der Waals surface area (Å²) < 4.78 is 4.85. The summed E-state index contributed by atoms with van der Waals surface area (Å²) in [5, 5.41) is 8.42. The first kappa shape index (κ1) is 6.95. The van der Waals surface area contributed by atoms with Crippen LogP contribution >= 0.6 is 12.2 Å². The number of carbonyl (C=O) groups is 1. The molecule has 0 radical (unpaired) electrons. The van der Waals surface area contributed by atoms with E-state index in [9.17, 15) is 4.79 Å². The Bertz CT molecular complexity index is 302. The van der Waals surface area contributed by atoms with Crippen molar-refractivity contribution in [3.63, 3.8) is 0 Å². The van der Waals surface area contributed by atoms with Gasteiger partial charge in [0, 0.05) is 6.07 Å². The van der Waals surface area contributed by atoms with E-state index in [1.807, 2.05) is 0 Å². The number of hydrogen-bond acceptors (Lipinski definition) is 3. The Kier molecular flexibility index (Phi) is 1.82. The molecule has 0 fully saturated rings. The van der Waals surface area contributed by atoms with E-state index in [1.165, 1.54) is 18.4 Å². The van der Waals surface area contributed by atoms with E-state index in [-0.39, 0.29) is 10.3 Å². The first-order chi connectivity index (χ1) is 4.70. The molecular weight excluding hydrogens is 152 g/mol. The van der Waals surface area contributed by atoms with Crippen LogP contribution in [0.1, 0.15) is 10.4 Å². The summed E-state index contributed by atoms with van der Waals surface area (Å²) in [6.07, 6.45) is 1.26. The summed E-state index contributed by atoms with van der Waals surface area (Å²) in [4.78, 5) is 10.3. The van der Waals surface area contributed by atoms with Crippen LogP contribution in [0.2, 0.25) is 0 Å². The quantitative estimate of drug-likeness (QED) is 0.629. The van der Waals surface area contributed by atoms with Crippen molar-refractivity contribution in [2.75, 3.05) is 0 Å². The second-order valence-corrected chi connectivity index (χ2v) is 2.05. The molecule has 0 aromatic carbocycles. The van der Waals surface area contributed by atoms with Crippen molar-refractivity contribution in [2.24, 2.45) is 0 Å². The number of hydrogen-bond donors (Lipinski definition) is 1. The second-order valence-electron chi connectivity index (χ2n) is 1.64. The largest absolute Gasteiger partial charge is 0.478 e. The van der Waals surface area contributed by atoms with Crippen LogP contribution in [-0.2, 0) is 0 Å². The molecule has 0 saturated heterocycles. The summed E-state index contributed by atoms with van der Waals surface area (Å²) in [5.41, 5.74) is 0.149. The fourth-order valence-corrected chi connectivity index (χ4v) is 0.699. The summed E-state index contributed by atoms with van der Waals surface area (Å²) in [6.45, 7) is 0. The molecule has 0 aliphatic carbocycles. The van der Waals surface area contributed by atoms with Gasteiger partial charge in [0.05, 0.1) is 11.8 Å². The molecule has 1 aromatic rings. The molecule has 1 N–H and O–H groups in total. The van der Waals surface area contributed by atoms with Crippen LogP contribution in [0.4, 0.5) is 0 Å². The standard InChI is InChI=1S/C6H4O3S/c7-6(8)4-1-2-9-5(10)3-4/h1-3H,(H,7,8). The van der Waals surface area contributed by atoms with E-state index in [0.29, 0.717) is 0 Å². The van der Waals surface area contributed by atoms with Gasteiger partial charge in [-0.3, -0.25) is 0 Å². The van der Waals surface area contributed by atoms with Crippen molar-refractivity contribution < 1.29 is 14.3 Å². The highest BCUT2D eigenvalue weighted by Crippen LogP contribution is 1.99. The van der Waals surface area contributed by atoms with Gasteiger partial charge < -0.3 is 9.52 Å². The highest BCUT2D eigenvalue weighted by molar-refractivity contribution is 7.71.